The van der Waals surface area contributed by atoms with Crippen LogP contribution < -0.4 is 10.6 Å². The summed E-state index contributed by atoms with van der Waals surface area (Å²) in [5, 5.41) is 5.14. The first-order valence-corrected chi connectivity index (χ1v) is 7.50. The van der Waals surface area contributed by atoms with Gasteiger partial charge in [-0.25, -0.2) is 0 Å². The summed E-state index contributed by atoms with van der Waals surface area (Å²) in [4.78, 5) is 45.7. The van der Waals surface area contributed by atoms with Gasteiger partial charge in [0, 0.05) is 25.9 Å². The number of ether oxygens (including phenoxy) is 3. The minimum Gasteiger partial charge on any atom is -0.463 e. The van der Waals surface area contributed by atoms with E-state index in [-0.39, 0.29) is 77.0 Å². The number of amides is 2. The highest BCUT2D eigenvalue weighted by Crippen LogP contribution is 1.95. The van der Waals surface area contributed by atoms with Crippen LogP contribution in [0.15, 0.2) is 0 Å². The van der Waals surface area contributed by atoms with Gasteiger partial charge in [0.1, 0.15) is 13.2 Å². The smallest absolute Gasteiger partial charge is 0.306 e. The van der Waals surface area contributed by atoms with Crippen molar-refractivity contribution in [2.75, 3.05) is 39.5 Å². The van der Waals surface area contributed by atoms with Gasteiger partial charge in [0.05, 0.1) is 26.1 Å². The fourth-order valence-corrected chi connectivity index (χ4v) is 1.69. The first-order valence-electron chi connectivity index (χ1n) is 7.50. The van der Waals surface area contributed by atoms with Crippen LogP contribution in [0.4, 0.5) is 0 Å². The zero-order valence-corrected chi connectivity index (χ0v) is 12.9. The normalized spacial score (nSPS) is 20.9. The lowest BCUT2D eigenvalue weighted by atomic mass is 10.3. The fourth-order valence-electron chi connectivity index (χ4n) is 1.69. The van der Waals surface area contributed by atoms with E-state index in [4.69, 9.17) is 14.2 Å². The molecule has 9 heteroatoms. The van der Waals surface area contributed by atoms with Crippen LogP contribution in [0.5, 0.6) is 0 Å². The summed E-state index contributed by atoms with van der Waals surface area (Å²) in [6.07, 6.45) is 0.0115. The van der Waals surface area contributed by atoms with Gasteiger partial charge in [-0.3, -0.25) is 19.2 Å². The average molecular weight is 330 g/mol. The van der Waals surface area contributed by atoms with Crippen LogP contribution in [-0.4, -0.2) is 63.3 Å². The molecule has 0 spiro atoms. The molecule has 2 N–H and O–H groups in total. The predicted molar refractivity (Wildman–Crippen MR) is 77.2 cm³/mol. The van der Waals surface area contributed by atoms with Crippen LogP contribution in [0, 0.1) is 0 Å². The Hall–Kier alpha value is -2.16. The fraction of sp³-hybridized carbons (Fsp3) is 0.714. The van der Waals surface area contributed by atoms with E-state index in [9.17, 15) is 19.2 Å². The summed E-state index contributed by atoms with van der Waals surface area (Å²) in [7, 11) is 0. The predicted octanol–water partition coefficient (Wildman–Crippen LogP) is -1.10. The molecule has 0 aromatic rings. The standard InChI is InChI=1S/C14H22N2O7/c17-11-1-3-13(19)22-9-7-21-8-10-23-14(20)4-2-12(18)16-6-5-15-11/h1-10H2,(H,15,17)(H,16,18). The van der Waals surface area contributed by atoms with Crippen molar-refractivity contribution >= 4 is 23.8 Å². The highest BCUT2D eigenvalue weighted by Gasteiger charge is 2.10. The van der Waals surface area contributed by atoms with Crippen molar-refractivity contribution < 1.29 is 33.4 Å². The van der Waals surface area contributed by atoms with Gasteiger partial charge in [-0.05, 0) is 0 Å². The van der Waals surface area contributed by atoms with Gasteiger partial charge in [-0.2, -0.15) is 0 Å². The van der Waals surface area contributed by atoms with Crippen LogP contribution in [-0.2, 0) is 33.4 Å². The number of rotatable bonds is 0. The summed E-state index contributed by atoms with van der Waals surface area (Å²) in [6.45, 7) is 1.01. The van der Waals surface area contributed by atoms with E-state index >= 15 is 0 Å². The molecule has 0 unspecified atom stereocenters. The molecule has 130 valence electrons. The van der Waals surface area contributed by atoms with Crippen molar-refractivity contribution in [3.05, 3.63) is 0 Å². The minimum absolute atomic E-state index is 0.0181. The number of esters is 2. The topological polar surface area (TPSA) is 120 Å². The van der Waals surface area contributed by atoms with E-state index in [2.05, 4.69) is 10.6 Å². The third kappa shape index (κ3) is 10.2. The Morgan fingerprint density at radius 1 is 0.609 bits per heavy atom. The monoisotopic (exact) mass is 330 g/mol. The van der Waals surface area contributed by atoms with Gasteiger partial charge in [0.25, 0.3) is 0 Å². The van der Waals surface area contributed by atoms with Crippen molar-refractivity contribution in [1.82, 2.24) is 10.6 Å². The maximum atomic E-state index is 11.5. The lowest BCUT2D eigenvalue weighted by molar-refractivity contribution is -0.148. The highest BCUT2D eigenvalue weighted by atomic mass is 16.6. The number of hydrogen-bond acceptors (Lipinski definition) is 7. The number of carbonyl (C=O) groups is 4. The molecule has 2 amide bonds. The number of carbonyl (C=O) groups excluding carboxylic acids is 4. The zero-order chi connectivity index (χ0) is 16.9. The second-order valence-electron chi connectivity index (χ2n) is 4.75. The lowest BCUT2D eigenvalue weighted by Gasteiger charge is -2.07. The molecule has 0 aromatic carbocycles. The molecule has 9 nitrogen and oxygen atoms in total. The van der Waals surface area contributed by atoms with E-state index in [0.29, 0.717) is 0 Å². The van der Waals surface area contributed by atoms with Gasteiger partial charge in [0.15, 0.2) is 0 Å². The van der Waals surface area contributed by atoms with Gasteiger partial charge in [-0.15, -0.1) is 0 Å². The number of hydrogen-bond donors (Lipinski definition) is 2. The summed E-state index contributed by atoms with van der Waals surface area (Å²) in [5.41, 5.74) is 0. The Morgan fingerprint density at radius 2 is 1.04 bits per heavy atom. The quantitative estimate of drug-likeness (QED) is 0.541. The third-order valence-corrected chi connectivity index (χ3v) is 2.86. The van der Waals surface area contributed by atoms with Gasteiger partial charge >= 0.3 is 11.9 Å². The molecule has 0 saturated carbocycles. The molecule has 23 heavy (non-hydrogen) atoms. The molecule has 1 aliphatic heterocycles. The minimum atomic E-state index is -0.485. The van der Waals surface area contributed by atoms with E-state index < -0.39 is 11.9 Å². The first kappa shape index (κ1) is 18.9. The average Bonchev–Trinajstić information content (AvgIpc) is 2.53. The van der Waals surface area contributed by atoms with E-state index in [1.165, 1.54) is 0 Å². The largest absolute Gasteiger partial charge is 0.463 e. The summed E-state index contributed by atoms with van der Waals surface area (Å²) >= 11 is 0. The molecular weight excluding hydrogens is 308 g/mol. The first-order chi connectivity index (χ1) is 11.1. The van der Waals surface area contributed by atoms with Crippen LogP contribution in [0.3, 0.4) is 0 Å². The lowest BCUT2D eigenvalue weighted by Crippen LogP contribution is -2.35. The molecule has 1 aliphatic rings. The third-order valence-electron chi connectivity index (χ3n) is 2.86. The summed E-state index contributed by atoms with van der Waals surface area (Å²) < 4.78 is 14.9. The molecule has 1 fully saturated rings. The van der Waals surface area contributed by atoms with Gasteiger partial charge in [0.2, 0.25) is 11.8 Å². The second kappa shape index (κ2) is 11.4. The maximum absolute atomic E-state index is 11.5. The number of nitrogens with one attached hydrogen (secondary N) is 2. The van der Waals surface area contributed by atoms with Crippen LogP contribution in [0.25, 0.3) is 0 Å². The second-order valence-corrected chi connectivity index (χ2v) is 4.75. The van der Waals surface area contributed by atoms with Crippen molar-refractivity contribution in [2.45, 2.75) is 25.7 Å². The molecular formula is C14H22N2O7. The highest BCUT2D eigenvalue weighted by molar-refractivity contribution is 5.82. The molecule has 1 rings (SSSR count). The maximum Gasteiger partial charge on any atom is 0.306 e. The molecule has 0 bridgehead atoms. The van der Waals surface area contributed by atoms with Crippen molar-refractivity contribution in [2.24, 2.45) is 0 Å². The Morgan fingerprint density at radius 3 is 1.48 bits per heavy atom. The summed E-state index contributed by atoms with van der Waals surface area (Å²) in [5.74, 6) is -1.56. The Bertz CT molecular complexity index is 387. The van der Waals surface area contributed by atoms with Gasteiger partial charge < -0.3 is 24.8 Å². The zero-order valence-electron chi connectivity index (χ0n) is 12.9. The Balaban J connectivity index is 2.37. The van der Waals surface area contributed by atoms with Gasteiger partial charge in [-0.1, -0.05) is 0 Å². The van der Waals surface area contributed by atoms with Crippen molar-refractivity contribution in [3.63, 3.8) is 0 Å². The van der Waals surface area contributed by atoms with Crippen molar-refractivity contribution in [1.29, 1.82) is 0 Å². The molecule has 0 aliphatic carbocycles. The summed E-state index contributed by atoms with van der Waals surface area (Å²) in [6, 6.07) is 0. The molecule has 0 radical (unpaired) electrons. The van der Waals surface area contributed by atoms with E-state index in [1.807, 2.05) is 0 Å². The van der Waals surface area contributed by atoms with Crippen LogP contribution in [0.1, 0.15) is 25.7 Å². The molecule has 0 atom stereocenters. The van der Waals surface area contributed by atoms with Crippen LogP contribution >= 0.6 is 0 Å². The molecule has 1 heterocycles. The number of cyclic esters (lactones) is 2. The SMILES string of the molecule is O=C1CCC(=O)OCCOCCOC(=O)CCC(=O)NCCN1. The van der Waals surface area contributed by atoms with E-state index in [1.54, 1.807) is 0 Å². The van der Waals surface area contributed by atoms with Crippen LogP contribution in [0.2, 0.25) is 0 Å². The van der Waals surface area contributed by atoms with Crippen molar-refractivity contribution in [3.8, 4) is 0 Å². The van der Waals surface area contributed by atoms with E-state index in [0.717, 1.165) is 0 Å². The molecule has 1 saturated heterocycles. The Kier molecular flexibility index (Phi) is 9.37. The Labute approximate surface area is 134 Å². The molecule has 0 aromatic heterocycles.